The standard InChI is InChI=1S/C64H34N2O4/c1-2-3-4-5-6-7-8-9-10-11-12-13-14-15-16-23-48-70-58-46-38-54(39-47-58)60-61(63(68)65-55-40-32-51(33-41-55)30-28-49-24-19-17-20-25-49)59(53-36-44-57(67)45-37-53)62(60)64(69)66-56-42-34-52(35-43-56)31-29-50-26-21-18-22-27-50/h1,17-22,24-27,32-47,59-62,67H,(H,65,68)(H,66,69). The molecule has 1 aliphatic rings. The average Bonchev–Trinajstić information content (AvgIpc) is 3.38. The highest BCUT2D eigenvalue weighted by atomic mass is 16.5. The molecule has 3 N–H and O–H groups in total. The highest BCUT2D eigenvalue weighted by molar-refractivity contribution is 6.01. The molecule has 0 aliphatic heterocycles. The minimum atomic E-state index is -0.702. The van der Waals surface area contributed by atoms with Gasteiger partial charge in [-0.2, -0.15) is 0 Å². The van der Waals surface area contributed by atoms with Crippen LogP contribution in [0.25, 0.3) is 0 Å². The van der Waals surface area contributed by atoms with Crippen molar-refractivity contribution in [2.45, 2.75) is 11.8 Å². The van der Waals surface area contributed by atoms with Crippen LogP contribution in [0.2, 0.25) is 0 Å². The van der Waals surface area contributed by atoms with Crippen molar-refractivity contribution in [2.24, 2.45) is 11.8 Å². The number of carbonyl (C=O) groups is 2. The molecule has 0 radical (unpaired) electrons. The van der Waals surface area contributed by atoms with E-state index in [-0.39, 0.29) is 17.6 Å². The third kappa shape index (κ3) is 13.8. The number of aromatic hydroxyl groups is 1. The van der Waals surface area contributed by atoms with Gasteiger partial charge in [0.25, 0.3) is 0 Å². The first-order valence-corrected chi connectivity index (χ1v) is 21.4. The van der Waals surface area contributed by atoms with Crippen LogP contribution < -0.4 is 15.4 Å². The molecule has 1 aliphatic carbocycles. The molecule has 0 spiro atoms. The van der Waals surface area contributed by atoms with Crippen molar-refractivity contribution in [3.63, 3.8) is 0 Å². The Morgan fingerprint density at radius 1 is 0.414 bits per heavy atom. The van der Waals surface area contributed by atoms with Crippen LogP contribution in [0.5, 0.6) is 11.5 Å². The maximum Gasteiger partial charge on any atom is 0.228 e. The Morgan fingerprint density at radius 2 is 0.757 bits per heavy atom. The number of benzene rings is 6. The molecule has 7 rings (SSSR count). The predicted molar refractivity (Wildman–Crippen MR) is 274 cm³/mol. The Bertz CT molecular complexity index is 3500. The molecule has 6 aromatic rings. The number of carbonyl (C=O) groups excluding carboxylic acids is 2. The number of terminal acetylenes is 1. The van der Waals surface area contributed by atoms with Crippen LogP contribution >= 0.6 is 0 Å². The second kappa shape index (κ2) is 24.9. The molecule has 6 heteroatoms. The number of phenols is 1. The molecule has 6 aromatic carbocycles. The summed E-state index contributed by atoms with van der Waals surface area (Å²) < 4.78 is 5.63. The SMILES string of the molecule is C#CC#CC#CC#CC#CC#CC#CC#CC#COc1ccc(C2C(C(=O)Nc3ccc(C#Cc4ccccc4)cc3)C(c3ccc(O)cc3)C2C(=O)Nc2ccc(C#Cc3ccccc3)cc2)cc1. The van der Waals surface area contributed by atoms with Gasteiger partial charge in [-0.05, 0) is 156 Å². The lowest BCUT2D eigenvalue weighted by atomic mass is 9.52. The van der Waals surface area contributed by atoms with Gasteiger partial charge in [-0.15, -0.1) is 6.42 Å². The van der Waals surface area contributed by atoms with E-state index in [9.17, 15) is 14.7 Å². The van der Waals surface area contributed by atoms with Crippen molar-refractivity contribution in [1.29, 1.82) is 0 Å². The van der Waals surface area contributed by atoms with Crippen LogP contribution in [0.1, 0.15) is 45.2 Å². The fourth-order valence-electron chi connectivity index (χ4n) is 7.29. The van der Waals surface area contributed by atoms with Crippen LogP contribution in [0.3, 0.4) is 0 Å². The highest BCUT2D eigenvalue weighted by Gasteiger charge is 2.58. The van der Waals surface area contributed by atoms with E-state index in [0.717, 1.165) is 33.4 Å². The highest BCUT2D eigenvalue weighted by Crippen LogP contribution is 2.58. The van der Waals surface area contributed by atoms with Crippen LogP contribution in [0, 0.1) is 143 Å². The van der Waals surface area contributed by atoms with Crippen LogP contribution in [-0.4, -0.2) is 16.9 Å². The van der Waals surface area contributed by atoms with Gasteiger partial charge in [-0.3, -0.25) is 9.59 Å². The zero-order valence-corrected chi connectivity index (χ0v) is 37.1. The predicted octanol–water partition coefficient (Wildman–Crippen LogP) is 8.58. The Kier molecular flexibility index (Phi) is 16.7. The molecule has 70 heavy (non-hydrogen) atoms. The Morgan fingerprint density at radius 3 is 1.14 bits per heavy atom. The summed E-state index contributed by atoms with van der Waals surface area (Å²) in [5.74, 6) is 49.9. The fourth-order valence-corrected chi connectivity index (χ4v) is 7.29. The summed E-state index contributed by atoms with van der Waals surface area (Å²) >= 11 is 0. The molecular formula is C64H34N2O4. The van der Waals surface area contributed by atoms with Gasteiger partial charge in [-0.25, -0.2) is 0 Å². The Labute approximate surface area is 408 Å². The molecule has 324 valence electrons. The number of phenolic OH excluding ortho intramolecular Hbond substituents is 1. The van der Waals surface area contributed by atoms with Crippen molar-refractivity contribution in [2.75, 3.05) is 10.6 Å². The topological polar surface area (TPSA) is 87.7 Å². The second-order valence-electron chi connectivity index (χ2n) is 14.9. The number of hydrogen-bond donors (Lipinski definition) is 3. The number of ether oxygens (including phenoxy) is 1. The maximum atomic E-state index is 14.6. The lowest BCUT2D eigenvalue weighted by Gasteiger charge is -2.50. The third-order valence-electron chi connectivity index (χ3n) is 10.4. The van der Waals surface area contributed by atoms with E-state index in [1.165, 1.54) is 0 Å². The van der Waals surface area contributed by atoms with E-state index in [1.54, 1.807) is 60.7 Å². The Balaban J connectivity index is 1.10. The maximum absolute atomic E-state index is 14.6. The molecule has 2 amide bonds. The van der Waals surface area contributed by atoms with Crippen LogP contribution in [-0.2, 0) is 9.59 Å². The number of anilines is 2. The van der Waals surface area contributed by atoms with Gasteiger partial charge in [0.15, 0.2) is 0 Å². The number of nitrogens with one attached hydrogen (secondary N) is 2. The molecule has 0 heterocycles. The average molecular weight is 895 g/mol. The van der Waals surface area contributed by atoms with Crippen LogP contribution in [0.4, 0.5) is 11.4 Å². The lowest BCUT2D eigenvalue weighted by molar-refractivity contribution is -0.134. The van der Waals surface area contributed by atoms with E-state index in [2.05, 4.69) is 135 Å². The summed E-state index contributed by atoms with van der Waals surface area (Å²) in [6.45, 7) is 0. The van der Waals surface area contributed by atoms with E-state index in [1.807, 2.05) is 97.1 Å². The van der Waals surface area contributed by atoms with Gasteiger partial charge in [0.05, 0.1) is 11.8 Å². The molecule has 0 saturated heterocycles. The van der Waals surface area contributed by atoms with E-state index < -0.39 is 23.7 Å². The largest absolute Gasteiger partial charge is 0.508 e. The van der Waals surface area contributed by atoms with Gasteiger partial charge in [0.1, 0.15) is 17.6 Å². The summed E-state index contributed by atoms with van der Waals surface area (Å²) in [4.78, 5) is 29.2. The summed E-state index contributed by atoms with van der Waals surface area (Å²) in [7, 11) is 0. The summed E-state index contributed by atoms with van der Waals surface area (Å²) in [5, 5.41) is 16.4. The summed E-state index contributed by atoms with van der Waals surface area (Å²) in [6, 6.07) is 47.7. The van der Waals surface area contributed by atoms with Gasteiger partial charge in [-0.1, -0.05) is 84.3 Å². The summed E-state index contributed by atoms with van der Waals surface area (Å²) in [6.07, 6.45) is 7.55. The zero-order valence-electron chi connectivity index (χ0n) is 37.1. The molecular weight excluding hydrogens is 861 g/mol. The van der Waals surface area contributed by atoms with Gasteiger partial charge in [0.2, 0.25) is 11.8 Å². The number of rotatable bonds is 7. The lowest BCUT2D eigenvalue weighted by Crippen LogP contribution is -2.53. The van der Waals surface area contributed by atoms with Gasteiger partial charge >= 0.3 is 0 Å². The van der Waals surface area contributed by atoms with Gasteiger partial charge in [0, 0.05) is 92.8 Å². The quantitative estimate of drug-likeness (QED) is 0.140. The molecule has 2 atom stereocenters. The number of amides is 2. The molecule has 6 nitrogen and oxygen atoms in total. The Hall–Kier alpha value is -11.0. The van der Waals surface area contributed by atoms with Gasteiger partial charge < -0.3 is 20.5 Å². The molecule has 0 bridgehead atoms. The first-order chi connectivity index (χ1) is 34.4. The van der Waals surface area contributed by atoms with E-state index in [0.29, 0.717) is 17.1 Å². The third-order valence-corrected chi connectivity index (χ3v) is 10.4. The minimum Gasteiger partial charge on any atom is -0.508 e. The molecule has 1 saturated carbocycles. The van der Waals surface area contributed by atoms with E-state index in [4.69, 9.17) is 11.2 Å². The van der Waals surface area contributed by atoms with E-state index >= 15 is 0 Å². The molecule has 2 unspecified atom stereocenters. The summed E-state index contributed by atoms with van der Waals surface area (Å²) in [5.41, 5.74) is 5.98. The second-order valence-corrected chi connectivity index (χ2v) is 14.9. The fraction of sp³-hybridized carbons (Fsp3) is 0.0625. The van der Waals surface area contributed by atoms with Crippen molar-refractivity contribution >= 4 is 23.2 Å². The molecule has 1 fully saturated rings. The normalized spacial score (nSPS) is 13.9. The van der Waals surface area contributed by atoms with Crippen molar-refractivity contribution in [3.8, 4) is 142 Å². The minimum absolute atomic E-state index is 0.0653. The smallest absolute Gasteiger partial charge is 0.228 e. The zero-order chi connectivity index (χ0) is 48.6. The number of hydrogen-bond acceptors (Lipinski definition) is 4. The first kappa shape index (κ1) is 47.0. The van der Waals surface area contributed by atoms with Crippen molar-refractivity contribution < 1.29 is 19.4 Å². The van der Waals surface area contributed by atoms with Crippen LogP contribution in [0.15, 0.2) is 158 Å². The van der Waals surface area contributed by atoms with Crippen molar-refractivity contribution in [3.05, 3.63) is 191 Å². The first-order valence-electron chi connectivity index (χ1n) is 21.4. The monoisotopic (exact) mass is 894 g/mol. The van der Waals surface area contributed by atoms with Crippen molar-refractivity contribution in [1.82, 2.24) is 0 Å². The molecule has 0 aromatic heterocycles.